The normalized spacial score (nSPS) is 11.7. The maximum absolute atomic E-state index is 11.5. The lowest BCUT2D eigenvalue weighted by molar-refractivity contribution is -0.138. The van der Waals surface area contributed by atoms with Crippen LogP contribution in [-0.4, -0.2) is 30.1 Å². The van der Waals surface area contributed by atoms with Gasteiger partial charge in [-0.2, -0.15) is 0 Å². The smallest absolute Gasteiger partial charge is 0.303 e. The van der Waals surface area contributed by atoms with Gasteiger partial charge in [-0.3, -0.25) is 9.59 Å². The van der Waals surface area contributed by atoms with Gasteiger partial charge >= 0.3 is 5.97 Å². The Bertz CT molecular complexity index is 464. The van der Waals surface area contributed by atoms with E-state index in [0.29, 0.717) is 17.3 Å². The van der Waals surface area contributed by atoms with Crippen LogP contribution in [0.2, 0.25) is 5.02 Å². The van der Waals surface area contributed by atoms with E-state index in [2.05, 4.69) is 5.32 Å². The topological polar surface area (TPSA) is 75.6 Å². The first-order valence-corrected chi connectivity index (χ1v) is 6.72. The number of aliphatic carboxylic acids is 1. The van der Waals surface area contributed by atoms with Crippen LogP contribution in [0.25, 0.3) is 0 Å². The van der Waals surface area contributed by atoms with Crippen molar-refractivity contribution in [3.63, 3.8) is 0 Å². The predicted molar refractivity (Wildman–Crippen MR) is 76.0 cm³/mol. The number of halogens is 1. The minimum atomic E-state index is -0.865. The summed E-state index contributed by atoms with van der Waals surface area (Å²) in [4.78, 5) is 22.0. The summed E-state index contributed by atoms with van der Waals surface area (Å²) in [6, 6.07) is 6.95. The van der Waals surface area contributed by atoms with Gasteiger partial charge in [0.05, 0.1) is 13.0 Å². The first-order chi connectivity index (χ1) is 9.47. The summed E-state index contributed by atoms with van der Waals surface area (Å²) < 4.78 is 5.39. The van der Waals surface area contributed by atoms with Gasteiger partial charge in [0.1, 0.15) is 5.75 Å². The molecule has 0 spiro atoms. The van der Waals surface area contributed by atoms with Crippen LogP contribution in [0.15, 0.2) is 24.3 Å². The molecule has 0 saturated carbocycles. The quantitative estimate of drug-likeness (QED) is 0.772. The Morgan fingerprint density at radius 1 is 1.45 bits per heavy atom. The lowest BCUT2D eigenvalue weighted by Crippen LogP contribution is -2.30. The van der Waals surface area contributed by atoms with Crippen LogP contribution in [0.1, 0.15) is 19.8 Å². The lowest BCUT2D eigenvalue weighted by atomic mass is 10.1. The maximum Gasteiger partial charge on any atom is 0.303 e. The zero-order chi connectivity index (χ0) is 15.0. The Balaban J connectivity index is 2.18. The highest BCUT2D eigenvalue weighted by atomic mass is 35.5. The molecule has 0 aromatic heterocycles. The molecular weight excluding hydrogens is 282 g/mol. The summed E-state index contributed by atoms with van der Waals surface area (Å²) >= 11 is 5.81. The van der Waals surface area contributed by atoms with E-state index >= 15 is 0 Å². The molecule has 2 N–H and O–H groups in total. The number of hydrogen-bond acceptors (Lipinski definition) is 3. The van der Waals surface area contributed by atoms with Crippen molar-refractivity contribution in [2.75, 3.05) is 13.2 Å². The molecule has 0 bridgehead atoms. The summed E-state index contributed by atoms with van der Waals surface area (Å²) in [7, 11) is 0. The molecule has 1 rings (SSSR count). The fourth-order valence-electron chi connectivity index (χ4n) is 1.57. The van der Waals surface area contributed by atoms with Gasteiger partial charge in [-0.05, 0) is 24.1 Å². The Hall–Kier alpha value is -1.75. The highest BCUT2D eigenvalue weighted by molar-refractivity contribution is 6.30. The second kappa shape index (κ2) is 8.43. The van der Waals surface area contributed by atoms with Gasteiger partial charge < -0.3 is 15.2 Å². The van der Waals surface area contributed by atoms with Crippen molar-refractivity contribution in [2.24, 2.45) is 5.92 Å². The minimum Gasteiger partial charge on any atom is -0.493 e. The average molecular weight is 300 g/mol. The second-order valence-electron chi connectivity index (χ2n) is 4.56. The molecular formula is C14H18ClNO4. The molecule has 0 heterocycles. The van der Waals surface area contributed by atoms with Gasteiger partial charge in [-0.25, -0.2) is 0 Å². The van der Waals surface area contributed by atoms with E-state index in [1.807, 2.05) is 0 Å². The first-order valence-electron chi connectivity index (χ1n) is 6.34. The molecule has 0 radical (unpaired) electrons. The molecule has 1 aromatic carbocycles. The van der Waals surface area contributed by atoms with Gasteiger partial charge in [0.2, 0.25) is 5.91 Å². The number of ether oxygens (including phenoxy) is 1. The molecule has 0 aliphatic rings. The summed E-state index contributed by atoms with van der Waals surface area (Å²) in [5, 5.41) is 11.9. The molecule has 0 saturated heterocycles. The van der Waals surface area contributed by atoms with Crippen LogP contribution in [0.3, 0.4) is 0 Å². The van der Waals surface area contributed by atoms with E-state index in [-0.39, 0.29) is 31.3 Å². The third-order valence-corrected chi connectivity index (χ3v) is 2.80. The predicted octanol–water partition coefficient (Wildman–Crippen LogP) is 2.34. The van der Waals surface area contributed by atoms with Crippen molar-refractivity contribution in [1.29, 1.82) is 0 Å². The van der Waals surface area contributed by atoms with E-state index < -0.39 is 5.97 Å². The molecule has 0 aliphatic heterocycles. The Labute approximate surface area is 122 Å². The van der Waals surface area contributed by atoms with Crippen molar-refractivity contribution in [1.82, 2.24) is 5.32 Å². The van der Waals surface area contributed by atoms with Crippen molar-refractivity contribution in [3.8, 4) is 5.75 Å². The fourth-order valence-corrected chi connectivity index (χ4v) is 1.75. The summed E-state index contributed by atoms with van der Waals surface area (Å²) in [6.07, 6.45) is 0.256. The SMILES string of the molecule is CC(CNC(=O)CCOc1cccc(Cl)c1)CC(=O)O. The third kappa shape index (κ3) is 6.99. The fraction of sp³-hybridized carbons (Fsp3) is 0.429. The van der Waals surface area contributed by atoms with E-state index in [1.54, 1.807) is 31.2 Å². The molecule has 20 heavy (non-hydrogen) atoms. The second-order valence-corrected chi connectivity index (χ2v) is 5.00. The van der Waals surface area contributed by atoms with E-state index in [0.717, 1.165) is 0 Å². The van der Waals surface area contributed by atoms with Gasteiger partial charge in [-0.1, -0.05) is 24.6 Å². The van der Waals surface area contributed by atoms with Crippen molar-refractivity contribution in [3.05, 3.63) is 29.3 Å². The average Bonchev–Trinajstić information content (AvgIpc) is 2.36. The zero-order valence-electron chi connectivity index (χ0n) is 11.3. The Kier molecular flexibility index (Phi) is 6.87. The number of carbonyl (C=O) groups excluding carboxylic acids is 1. The number of carbonyl (C=O) groups is 2. The molecule has 1 unspecified atom stereocenters. The number of benzene rings is 1. The monoisotopic (exact) mass is 299 g/mol. The number of carboxylic acid groups (broad SMARTS) is 1. The maximum atomic E-state index is 11.5. The largest absolute Gasteiger partial charge is 0.493 e. The number of nitrogens with one attached hydrogen (secondary N) is 1. The number of amides is 1. The lowest BCUT2D eigenvalue weighted by Gasteiger charge is -2.11. The van der Waals surface area contributed by atoms with Crippen LogP contribution >= 0.6 is 11.6 Å². The molecule has 0 aliphatic carbocycles. The molecule has 1 atom stereocenters. The Morgan fingerprint density at radius 3 is 2.85 bits per heavy atom. The Morgan fingerprint density at radius 2 is 2.20 bits per heavy atom. The van der Waals surface area contributed by atoms with Gasteiger partial charge in [0.15, 0.2) is 0 Å². The van der Waals surface area contributed by atoms with E-state index in [1.165, 1.54) is 0 Å². The van der Waals surface area contributed by atoms with E-state index in [9.17, 15) is 9.59 Å². The van der Waals surface area contributed by atoms with Crippen LogP contribution in [-0.2, 0) is 9.59 Å². The van der Waals surface area contributed by atoms with Gasteiger partial charge in [-0.15, -0.1) is 0 Å². The van der Waals surface area contributed by atoms with Crippen molar-refractivity contribution >= 4 is 23.5 Å². The first kappa shape index (κ1) is 16.3. The number of carboxylic acids is 1. The third-order valence-electron chi connectivity index (χ3n) is 2.56. The molecule has 0 fully saturated rings. The summed E-state index contributed by atoms with van der Waals surface area (Å²) in [6.45, 7) is 2.37. The molecule has 1 aromatic rings. The van der Waals surface area contributed by atoms with Gasteiger partial charge in [0, 0.05) is 18.0 Å². The molecule has 6 heteroatoms. The minimum absolute atomic E-state index is 0.0410. The van der Waals surface area contributed by atoms with Crippen molar-refractivity contribution in [2.45, 2.75) is 19.8 Å². The summed E-state index contributed by atoms with van der Waals surface area (Å²) in [5.41, 5.74) is 0. The van der Waals surface area contributed by atoms with Crippen LogP contribution in [0.4, 0.5) is 0 Å². The standard InChI is InChI=1S/C14H18ClNO4/c1-10(7-14(18)19)9-16-13(17)5-6-20-12-4-2-3-11(15)8-12/h2-4,8,10H,5-7,9H2,1H3,(H,16,17)(H,18,19). The zero-order valence-corrected chi connectivity index (χ0v) is 12.0. The molecule has 5 nitrogen and oxygen atoms in total. The highest BCUT2D eigenvalue weighted by Crippen LogP contribution is 2.17. The highest BCUT2D eigenvalue weighted by Gasteiger charge is 2.09. The summed E-state index contributed by atoms with van der Waals surface area (Å²) in [5.74, 6) is -0.504. The molecule has 110 valence electrons. The van der Waals surface area contributed by atoms with E-state index in [4.69, 9.17) is 21.4 Å². The number of hydrogen-bond donors (Lipinski definition) is 2. The number of rotatable bonds is 8. The van der Waals surface area contributed by atoms with Crippen LogP contribution in [0, 0.1) is 5.92 Å². The van der Waals surface area contributed by atoms with Crippen LogP contribution in [0.5, 0.6) is 5.75 Å². The molecule has 1 amide bonds. The van der Waals surface area contributed by atoms with Crippen molar-refractivity contribution < 1.29 is 19.4 Å². The van der Waals surface area contributed by atoms with Gasteiger partial charge in [0.25, 0.3) is 0 Å². The van der Waals surface area contributed by atoms with Crippen LogP contribution < -0.4 is 10.1 Å².